The summed E-state index contributed by atoms with van der Waals surface area (Å²) < 4.78 is 0. The first-order chi connectivity index (χ1) is 15.1. The molecule has 1 unspecified atom stereocenters. The predicted molar refractivity (Wildman–Crippen MR) is 121 cm³/mol. The first-order valence-corrected chi connectivity index (χ1v) is 11.2. The van der Waals surface area contributed by atoms with Crippen molar-refractivity contribution in [1.29, 1.82) is 0 Å². The minimum Gasteiger partial charge on any atom is -0.353 e. The third kappa shape index (κ3) is 5.32. The van der Waals surface area contributed by atoms with Gasteiger partial charge in [0.05, 0.1) is 5.92 Å². The molecule has 1 saturated heterocycles. The van der Waals surface area contributed by atoms with Crippen molar-refractivity contribution in [1.82, 2.24) is 5.32 Å². The lowest BCUT2D eigenvalue weighted by atomic mass is 10.0. The summed E-state index contributed by atoms with van der Waals surface area (Å²) in [7, 11) is 0. The van der Waals surface area contributed by atoms with Crippen LogP contribution in [0.4, 0.5) is 11.4 Å². The molecule has 0 bridgehead atoms. The summed E-state index contributed by atoms with van der Waals surface area (Å²) in [4.78, 5) is 39.7. The third-order valence-corrected chi connectivity index (χ3v) is 6.15. The number of carbonyl (C=O) groups is 3. The van der Waals surface area contributed by atoms with Crippen LogP contribution in [-0.2, 0) is 9.59 Å². The first-order valence-electron chi connectivity index (χ1n) is 11.2. The maximum atomic E-state index is 12.8. The highest BCUT2D eigenvalue weighted by Crippen LogP contribution is 2.27. The van der Waals surface area contributed by atoms with Crippen molar-refractivity contribution < 1.29 is 14.4 Å². The molecule has 4 rings (SSSR count). The number of para-hydroxylation sites is 1. The van der Waals surface area contributed by atoms with Crippen LogP contribution in [0.3, 0.4) is 0 Å². The van der Waals surface area contributed by atoms with Gasteiger partial charge in [0.25, 0.3) is 5.91 Å². The fourth-order valence-electron chi connectivity index (χ4n) is 4.42. The molecule has 0 radical (unpaired) electrons. The number of carbonyl (C=O) groups excluding carboxylic acids is 3. The Bertz CT molecular complexity index is 936. The molecular formula is C25H29N3O3. The molecule has 3 amide bonds. The van der Waals surface area contributed by atoms with E-state index < -0.39 is 0 Å². The number of hydrogen-bond acceptors (Lipinski definition) is 3. The summed E-state index contributed by atoms with van der Waals surface area (Å²) in [5.74, 6) is -0.692. The summed E-state index contributed by atoms with van der Waals surface area (Å²) in [6.45, 7) is 0.348. The fraction of sp³-hybridized carbons (Fsp3) is 0.400. The van der Waals surface area contributed by atoms with E-state index in [1.807, 2.05) is 36.4 Å². The zero-order chi connectivity index (χ0) is 21.6. The zero-order valence-corrected chi connectivity index (χ0v) is 17.7. The number of rotatable bonds is 5. The Morgan fingerprint density at radius 1 is 0.903 bits per heavy atom. The molecule has 6 nitrogen and oxygen atoms in total. The maximum Gasteiger partial charge on any atom is 0.255 e. The van der Waals surface area contributed by atoms with E-state index in [4.69, 9.17) is 0 Å². The van der Waals surface area contributed by atoms with Crippen molar-refractivity contribution >= 4 is 29.1 Å². The van der Waals surface area contributed by atoms with Crippen LogP contribution >= 0.6 is 0 Å². The van der Waals surface area contributed by atoms with Crippen LogP contribution in [0.25, 0.3) is 0 Å². The van der Waals surface area contributed by atoms with E-state index in [0.717, 1.165) is 25.7 Å². The molecule has 1 saturated carbocycles. The van der Waals surface area contributed by atoms with Crippen LogP contribution in [0.5, 0.6) is 0 Å². The van der Waals surface area contributed by atoms with Crippen LogP contribution in [0.15, 0.2) is 54.6 Å². The molecule has 2 aromatic carbocycles. The standard InChI is InChI=1S/C25H29N3O3/c29-23-16-19(25(31)27-21-10-4-1-2-5-11-21)17-28(23)22-14-8-9-18(15-22)24(30)26-20-12-6-3-7-13-20/h3,6-9,12-15,19,21H,1-2,4-5,10-11,16-17H2,(H,26,30)(H,27,31). The van der Waals surface area contributed by atoms with E-state index in [0.29, 0.717) is 23.5 Å². The van der Waals surface area contributed by atoms with Gasteiger partial charge >= 0.3 is 0 Å². The van der Waals surface area contributed by atoms with Crippen molar-refractivity contribution in [3.63, 3.8) is 0 Å². The molecule has 0 spiro atoms. The van der Waals surface area contributed by atoms with Gasteiger partial charge in [-0.15, -0.1) is 0 Å². The summed E-state index contributed by atoms with van der Waals surface area (Å²) in [6, 6.07) is 16.5. The Kier molecular flexibility index (Phi) is 6.65. The SMILES string of the molecule is O=C(Nc1ccccc1)c1cccc(N2CC(C(=O)NC3CCCCCC3)CC2=O)c1. The fourth-order valence-corrected chi connectivity index (χ4v) is 4.42. The second kappa shape index (κ2) is 9.77. The van der Waals surface area contributed by atoms with Crippen LogP contribution in [0, 0.1) is 5.92 Å². The molecule has 2 fully saturated rings. The highest BCUT2D eigenvalue weighted by molar-refractivity contribution is 6.06. The lowest BCUT2D eigenvalue weighted by Crippen LogP contribution is -2.39. The van der Waals surface area contributed by atoms with E-state index in [-0.39, 0.29) is 36.1 Å². The van der Waals surface area contributed by atoms with E-state index in [1.54, 1.807) is 23.1 Å². The summed E-state index contributed by atoms with van der Waals surface area (Å²) in [6.07, 6.45) is 7.02. The summed E-state index contributed by atoms with van der Waals surface area (Å²) >= 11 is 0. The monoisotopic (exact) mass is 419 g/mol. The lowest BCUT2D eigenvalue weighted by molar-refractivity contribution is -0.127. The maximum absolute atomic E-state index is 12.8. The Hall–Kier alpha value is -3.15. The second-order valence-electron chi connectivity index (χ2n) is 8.47. The highest BCUT2D eigenvalue weighted by Gasteiger charge is 2.36. The summed E-state index contributed by atoms with van der Waals surface area (Å²) in [5, 5.41) is 6.03. The molecular weight excluding hydrogens is 390 g/mol. The molecule has 1 atom stereocenters. The number of benzene rings is 2. The molecule has 1 aliphatic heterocycles. The molecule has 6 heteroatoms. The molecule has 2 aromatic rings. The average molecular weight is 420 g/mol. The van der Waals surface area contributed by atoms with E-state index in [2.05, 4.69) is 10.6 Å². The molecule has 2 aliphatic rings. The molecule has 31 heavy (non-hydrogen) atoms. The molecule has 2 N–H and O–H groups in total. The second-order valence-corrected chi connectivity index (χ2v) is 8.47. The Morgan fingerprint density at radius 2 is 1.65 bits per heavy atom. The quantitative estimate of drug-likeness (QED) is 0.715. The topological polar surface area (TPSA) is 78.5 Å². The highest BCUT2D eigenvalue weighted by atomic mass is 16.2. The van der Waals surface area contributed by atoms with Crippen molar-refractivity contribution in [2.75, 3.05) is 16.8 Å². The largest absolute Gasteiger partial charge is 0.353 e. The van der Waals surface area contributed by atoms with Crippen molar-refractivity contribution in [2.24, 2.45) is 5.92 Å². The molecule has 162 valence electrons. The molecule has 1 aliphatic carbocycles. The number of anilines is 2. The van der Waals surface area contributed by atoms with Gasteiger partial charge in [-0.05, 0) is 43.2 Å². The van der Waals surface area contributed by atoms with E-state index in [9.17, 15) is 14.4 Å². The van der Waals surface area contributed by atoms with E-state index >= 15 is 0 Å². The van der Waals surface area contributed by atoms with Gasteiger partial charge in [-0.3, -0.25) is 14.4 Å². The minimum atomic E-state index is -0.349. The Morgan fingerprint density at radius 3 is 2.39 bits per heavy atom. The Balaban J connectivity index is 1.40. The van der Waals surface area contributed by atoms with Gasteiger partial charge in [-0.25, -0.2) is 0 Å². The van der Waals surface area contributed by atoms with Crippen molar-refractivity contribution in [3.8, 4) is 0 Å². The van der Waals surface area contributed by atoms with E-state index in [1.165, 1.54) is 12.8 Å². The number of hydrogen-bond donors (Lipinski definition) is 2. The number of nitrogens with zero attached hydrogens (tertiary/aromatic N) is 1. The zero-order valence-electron chi connectivity index (χ0n) is 17.7. The van der Waals surface area contributed by atoms with Gasteiger partial charge in [-0.2, -0.15) is 0 Å². The third-order valence-electron chi connectivity index (χ3n) is 6.15. The molecule has 0 aromatic heterocycles. The number of amides is 3. The average Bonchev–Trinajstić information content (AvgIpc) is 3.00. The molecule has 1 heterocycles. The summed E-state index contributed by atoms with van der Waals surface area (Å²) in [5.41, 5.74) is 1.83. The van der Waals surface area contributed by atoms with Crippen molar-refractivity contribution in [2.45, 2.75) is 51.0 Å². The number of nitrogens with one attached hydrogen (secondary N) is 2. The lowest BCUT2D eigenvalue weighted by Gasteiger charge is -2.20. The van der Waals surface area contributed by atoms with Crippen LogP contribution in [0.2, 0.25) is 0 Å². The minimum absolute atomic E-state index is 0.0271. The van der Waals surface area contributed by atoms with Gasteiger partial charge in [-0.1, -0.05) is 49.9 Å². The van der Waals surface area contributed by atoms with Crippen LogP contribution in [-0.4, -0.2) is 30.3 Å². The van der Waals surface area contributed by atoms with Gasteiger partial charge in [0.1, 0.15) is 0 Å². The Labute approximate surface area is 183 Å². The smallest absolute Gasteiger partial charge is 0.255 e. The van der Waals surface area contributed by atoms with Crippen LogP contribution < -0.4 is 15.5 Å². The van der Waals surface area contributed by atoms with Gasteiger partial charge < -0.3 is 15.5 Å². The predicted octanol–water partition coefficient (Wildman–Crippen LogP) is 4.13. The first kappa shape index (κ1) is 21.1. The normalized spacial score (nSPS) is 19.7. The van der Waals surface area contributed by atoms with Gasteiger partial charge in [0.2, 0.25) is 11.8 Å². The van der Waals surface area contributed by atoms with Gasteiger partial charge in [0, 0.05) is 35.9 Å². The van der Waals surface area contributed by atoms with Crippen LogP contribution in [0.1, 0.15) is 55.3 Å². The van der Waals surface area contributed by atoms with Gasteiger partial charge in [0.15, 0.2) is 0 Å². The van der Waals surface area contributed by atoms with Crippen molar-refractivity contribution in [3.05, 3.63) is 60.2 Å².